The van der Waals surface area contributed by atoms with Crippen molar-refractivity contribution in [1.29, 1.82) is 0 Å². The van der Waals surface area contributed by atoms with Crippen LogP contribution >= 0.6 is 23.1 Å². The first-order valence-electron chi connectivity index (χ1n) is 7.97. The van der Waals surface area contributed by atoms with Crippen LogP contribution in [-0.4, -0.2) is 21.4 Å². The van der Waals surface area contributed by atoms with Gasteiger partial charge in [0.25, 0.3) is 5.56 Å². The van der Waals surface area contributed by atoms with Gasteiger partial charge in [0.2, 0.25) is 0 Å². The lowest BCUT2D eigenvalue weighted by Crippen LogP contribution is -2.28. The molecule has 0 fully saturated rings. The third kappa shape index (κ3) is 2.99. The second kappa shape index (κ2) is 6.79. The second-order valence-corrected chi connectivity index (χ2v) is 8.33. The number of ether oxygens (including phenoxy) is 1. The van der Waals surface area contributed by atoms with Crippen LogP contribution in [0.5, 0.6) is 0 Å². The summed E-state index contributed by atoms with van der Waals surface area (Å²) in [7, 11) is 0. The summed E-state index contributed by atoms with van der Waals surface area (Å²) in [5, 5.41) is 1.58. The van der Waals surface area contributed by atoms with E-state index in [1.165, 1.54) is 0 Å². The van der Waals surface area contributed by atoms with E-state index in [4.69, 9.17) is 9.72 Å². The van der Waals surface area contributed by atoms with Crippen LogP contribution in [0.2, 0.25) is 0 Å². The molecule has 2 aromatic rings. The molecule has 6 heteroatoms. The zero-order valence-corrected chi connectivity index (χ0v) is 15.4. The standard InChI is InChI=1S/C17H22N2O2S2/c1-5-7-19-16(20)14-11-8-12(10(3)4)21-9-13(11)23-15(14)18-17(19)22-6-2/h5,10,12H,1,6-9H2,2-4H3/t12-/m0/s1. The molecule has 1 aliphatic rings. The van der Waals surface area contributed by atoms with Gasteiger partial charge in [-0.3, -0.25) is 9.36 Å². The van der Waals surface area contributed by atoms with Gasteiger partial charge < -0.3 is 4.74 Å². The Bertz CT molecular complexity index is 792. The molecule has 0 radical (unpaired) electrons. The number of fused-ring (bicyclic) bond motifs is 3. The molecule has 0 aromatic carbocycles. The van der Waals surface area contributed by atoms with Gasteiger partial charge in [-0.2, -0.15) is 0 Å². The molecule has 0 saturated carbocycles. The minimum absolute atomic E-state index is 0.0627. The second-order valence-electron chi connectivity index (χ2n) is 6.01. The summed E-state index contributed by atoms with van der Waals surface area (Å²) >= 11 is 3.21. The third-order valence-electron chi connectivity index (χ3n) is 4.12. The van der Waals surface area contributed by atoms with Gasteiger partial charge in [0.1, 0.15) is 4.83 Å². The molecule has 0 spiro atoms. The van der Waals surface area contributed by atoms with Crippen LogP contribution in [0.15, 0.2) is 22.6 Å². The molecule has 4 nitrogen and oxygen atoms in total. The number of thiophene rings is 1. The highest BCUT2D eigenvalue weighted by atomic mass is 32.2. The molecular weight excluding hydrogens is 328 g/mol. The summed E-state index contributed by atoms with van der Waals surface area (Å²) in [5.41, 5.74) is 1.21. The lowest BCUT2D eigenvalue weighted by atomic mass is 9.96. The maximum atomic E-state index is 13.1. The molecule has 23 heavy (non-hydrogen) atoms. The maximum absolute atomic E-state index is 13.1. The molecule has 0 aliphatic carbocycles. The van der Waals surface area contributed by atoms with E-state index < -0.39 is 0 Å². The zero-order valence-electron chi connectivity index (χ0n) is 13.8. The Morgan fingerprint density at radius 1 is 1.57 bits per heavy atom. The normalized spacial score (nSPS) is 17.7. The monoisotopic (exact) mass is 350 g/mol. The van der Waals surface area contributed by atoms with E-state index in [-0.39, 0.29) is 11.7 Å². The van der Waals surface area contributed by atoms with Crippen molar-refractivity contribution in [2.24, 2.45) is 5.92 Å². The van der Waals surface area contributed by atoms with Crippen LogP contribution in [0.3, 0.4) is 0 Å². The molecule has 3 heterocycles. The number of thioether (sulfide) groups is 1. The minimum atomic E-state index is 0.0627. The molecule has 1 aliphatic heterocycles. The number of allylic oxidation sites excluding steroid dienone is 1. The highest BCUT2D eigenvalue weighted by Crippen LogP contribution is 2.35. The molecule has 0 N–H and O–H groups in total. The maximum Gasteiger partial charge on any atom is 0.263 e. The first kappa shape index (κ1) is 16.7. The number of aromatic nitrogens is 2. The van der Waals surface area contributed by atoms with E-state index in [1.807, 2.05) is 0 Å². The van der Waals surface area contributed by atoms with E-state index in [0.717, 1.165) is 38.0 Å². The van der Waals surface area contributed by atoms with Crippen molar-refractivity contribution in [2.45, 2.75) is 51.6 Å². The number of hydrogen-bond acceptors (Lipinski definition) is 5. The molecule has 0 bridgehead atoms. The topological polar surface area (TPSA) is 44.1 Å². The molecule has 0 saturated heterocycles. The lowest BCUT2D eigenvalue weighted by Gasteiger charge is -2.26. The Hall–Kier alpha value is -1.11. The first-order valence-corrected chi connectivity index (χ1v) is 9.77. The summed E-state index contributed by atoms with van der Waals surface area (Å²) in [6.45, 7) is 11.3. The van der Waals surface area contributed by atoms with Gasteiger partial charge in [-0.15, -0.1) is 17.9 Å². The number of rotatable bonds is 5. The van der Waals surface area contributed by atoms with Crippen molar-refractivity contribution in [3.63, 3.8) is 0 Å². The number of nitrogens with zero attached hydrogens (tertiary/aromatic N) is 2. The fourth-order valence-corrected chi connectivity index (χ4v) is 4.80. The average molecular weight is 351 g/mol. The Balaban J connectivity index is 2.19. The van der Waals surface area contributed by atoms with E-state index in [9.17, 15) is 4.79 Å². The first-order chi connectivity index (χ1) is 11.1. The molecule has 124 valence electrons. The molecule has 1 atom stereocenters. The summed E-state index contributed by atoms with van der Waals surface area (Å²) in [4.78, 5) is 19.8. The van der Waals surface area contributed by atoms with Crippen LogP contribution in [-0.2, 0) is 24.3 Å². The SMILES string of the molecule is C=CCn1c(SCC)nc2sc3c(c2c1=O)C[C@@H](C(C)C)OC3. The van der Waals surface area contributed by atoms with Gasteiger partial charge in [-0.1, -0.05) is 38.6 Å². The van der Waals surface area contributed by atoms with E-state index in [0.29, 0.717) is 19.1 Å². The van der Waals surface area contributed by atoms with Crippen molar-refractivity contribution in [3.8, 4) is 0 Å². The van der Waals surface area contributed by atoms with Gasteiger partial charge in [-0.25, -0.2) is 4.98 Å². The molecule has 3 rings (SSSR count). The molecular formula is C17H22N2O2S2. The van der Waals surface area contributed by atoms with E-state index >= 15 is 0 Å². The van der Waals surface area contributed by atoms with Gasteiger partial charge in [0, 0.05) is 17.8 Å². The van der Waals surface area contributed by atoms with Gasteiger partial charge in [0.15, 0.2) is 5.16 Å². The Morgan fingerprint density at radius 2 is 2.35 bits per heavy atom. The minimum Gasteiger partial charge on any atom is -0.372 e. The molecule has 0 amide bonds. The Kier molecular flexibility index (Phi) is 4.94. The van der Waals surface area contributed by atoms with Crippen LogP contribution in [0.4, 0.5) is 0 Å². The molecule has 0 unspecified atom stereocenters. The fourth-order valence-electron chi connectivity index (χ4n) is 2.90. The van der Waals surface area contributed by atoms with Crippen LogP contribution in [0, 0.1) is 5.92 Å². The predicted octanol–water partition coefficient (Wildman–Crippen LogP) is 3.85. The average Bonchev–Trinajstić information content (AvgIpc) is 2.88. The van der Waals surface area contributed by atoms with Gasteiger partial charge in [0.05, 0.1) is 18.1 Å². The lowest BCUT2D eigenvalue weighted by molar-refractivity contribution is 0.00200. The zero-order chi connectivity index (χ0) is 16.6. The van der Waals surface area contributed by atoms with Crippen LogP contribution < -0.4 is 5.56 Å². The smallest absolute Gasteiger partial charge is 0.263 e. The van der Waals surface area contributed by atoms with E-state index in [2.05, 4.69) is 27.4 Å². The highest BCUT2D eigenvalue weighted by molar-refractivity contribution is 7.99. The largest absolute Gasteiger partial charge is 0.372 e. The van der Waals surface area contributed by atoms with Gasteiger partial charge >= 0.3 is 0 Å². The van der Waals surface area contributed by atoms with Crippen molar-refractivity contribution in [1.82, 2.24) is 9.55 Å². The summed E-state index contributed by atoms with van der Waals surface area (Å²) in [6, 6.07) is 0. The summed E-state index contributed by atoms with van der Waals surface area (Å²) < 4.78 is 7.69. The van der Waals surface area contributed by atoms with Crippen molar-refractivity contribution in [3.05, 3.63) is 33.4 Å². The summed E-state index contributed by atoms with van der Waals surface area (Å²) in [5.74, 6) is 1.33. The predicted molar refractivity (Wildman–Crippen MR) is 97.6 cm³/mol. The van der Waals surface area contributed by atoms with E-state index in [1.54, 1.807) is 33.7 Å². The molecule has 2 aromatic heterocycles. The fraction of sp³-hybridized carbons (Fsp3) is 0.529. The van der Waals surface area contributed by atoms with Crippen LogP contribution in [0.1, 0.15) is 31.2 Å². The Labute approximate surface area is 144 Å². The number of hydrogen-bond donors (Lipinski definition) is 0. The Morgan fingerprint density at radius 3 is 3.00 bits per heavy atom. The van der Waals surface area contributed by atoms with Crippen LogP contribution in [0.25, 0.3) is 10.2 Å². The quantitative estimate of drug-likeness (QED) is 0.467. The summed E-state index contributed by atoms with van der Waals surface area (Å²) in [6.07, 6.45) is 2.74. The van der Waals surface area contributed by atoms with Crippen molar-refractivity contribution in [2.75, 3.05) is 5.75 Å². The van der Waals surface area contributed by atoms with Gasteiger partial charge in [-0.05, 0) is 17.2 Å². The third-order valence-corrected chi connectivity index (χ3v) is 6.08. The van der Waals surface area contributed by atoms with Crippen molar-refractivity contribution < 1.29 is 4.74 Å². The van der Waals surface area contributed by atoms with Crippen molar-refractivity contribution >= 4 is 33.3 Å². The highest BCUT2D eigenvalue weighted by Gasteiger charge is 2.28.